The summed E-state index contributed by atoms with van der Waals surface area (Å²) in [6.07, 6.45) is 0.174. The van der Waals surface area contributed by atoms with Gasteiger partial charge in [0, 0.05) is 6.42 Å². The van der Waals surface area contributed by atoms with Crippen LogP contribution >= 0.6 is 0 Å². The molecule has 0 fully saturated rings. The van der Waals surface area contributed by atoms with Gasteiger partial charge in [0.15, 0.2) is 11.8 Å². The maximum atomic E-state index is 10.4. The van der Waals surface area contributed by atoms with Crippen LogP contribution in [0.4, 0.5) is 0 Å². The molecule has 0 radical (unpaired) electrons. The van der Waals surface area contributed by atoms with Crippen molar-refractivity contribution in [1.82, 2.24) is 0 Å². The molecule has 0 saturated carbocycles. The first kappa shape index (κ1) is 8.10. The number of hydrogen-bond donors (Lipinski definition) is 2. The maximum absolute atomic E-state index is 10.4. The molecule has 0 saturated heterocycles. The van der Waals surface area contributed by atoms with Crippen molar-refractivity contribution in [2.75, 3.05) is 0 Å². The second kappa shape index (κ2) is 3.19. The van der Waals surface area contributed by atoms with Gasteiger partial charge in [0.1, 0.15) is 0 Å². The van der Waals surface area contributed by atoms with Gasteiger partial charge in [-0.05, 0) is 0 Å². The topological polar surface area (TPSA) is 80.4 Å². The number of carboxylic acids is 1. The summed E-state index contributed by atoms with van der Waals surface area (Å²) in [5.74, 6) is -1.70. The highest BCUT2D eigenvalue weighted by atomic mass is 16.4. The van der Waals surface area contributed by atoms with E-state index in [4.69, 9.17) is 10.8 Å². The lowest BCUT2D eigenvalue weighted by Crippen LogP contribution is -2.37. The third-order valence-corrected chi connectivity index (χ3v) is 0.961. The van der Waals surface area contributed by atoms with Gasteiger partial charge in [-0.25, -0.2) is 0 Å². The number of aliphatic carboxylic acids is 1. The van der Waals surface area contributed by atoms with E-state index in [2.05, 4.69) is 0 Å². The average Bonchev–Trinajstić information content (AvgIpc) is 1.84. The van der Waals surface area contributed by atoms with Crippen molar-refractivity contribution in [2.45, 2.75) is 19.4 Å². The number of hydrogen-bond acceptors (Lipinski definition) is 3. The van der Waals surface area contributed by atoms with Crippen LogP contribution in [0.15, 0.2) is 0 Å². The van der Waals surface area contributed by atoms with Crippen LogP contribution in [0.25, 0.3) is 0 Å². The number of carbonyl (C=O) groups is 2. The second-order valence-electron chi connectivity index (χ2n) is 1.64. The Kier molecular flexibility index (Phi) is 2.87. The van der Waals surface area contributed by atoms with Crippen molar-refractivity contribution in [1.29, 1.82) is 0 Å². The molecular weight excluding hydrogens is 122 g/mol. The van der Waals surface area contributed by atoms with Crippen LogP contribution < -0.4 is 5.73 Å². The SMILES string of the molecule is CCC(=O)C(N)C(=O)O. The van der Waals surface area contributed by atoms with Gasteiger partial charge in [-0.1, -0.05) is 6.92 Å². The Balaban J connectivity index is 3.88. The molecule has 0 rings (SSSR count). The summed E-state index contributed by atoms with van der Waals surface area (Å²) in [7, 11) is 0. The molecule has 0 aromatic rings. The van der Waals surface area contributed by atoms with Crippen molar-refractivity contribution in [3.8, 4) is 0 Å². The fraction of sp³-hybridized carbons (Fsp3) is 0.600. The normalized spacial score (nSPS) is 12.7. The van der Waals surface area contributed by atoms with E-state index in [1.54, 1.807) is 6.92 Å². The predicted octanol–water partition coefficient (Wildman–Crippen LogP) is -0.623. The van der Waals surface area contributed by atoms with Gasteiger partial charge < -0.3 is 10.8 Å². The Hall–Kier alpha value is -0.900. The minimum Gasteiger partial charge on any atom is -0.480 e. The zero-order valence-electron chi connectivity index (χ0n) is 5.13. The molecule has 0 aliphatic carbocycles. The molecule has 0 aromatic heterocycles. The van der Waals surface area contributed by atoms with Gasteiger partial charge in [-0.2, -0.15) is 0 Å². The molecular formula is C5H9NO3. The Morgan fingerprint density at radius 2 is 2.11 bits per heavy atom. The molecule has 0 aliphatic heterocycles. The molecule has 3 N–H and O–H groups in total. The van der Waals surface area contributed by atoms with Crippen LogP contribution in [-0.2, 0) is 9.59 Å². The highest BCUT2D eigenvalue weighted by Gasteiger charge is 2.18. The third-order valence-electron chi connectivity index (χ3n) is 0.961. The molecule has 52 valence electrons. The summed E-state index contributed by atoms with van der Waals surface area (Å²) in [6, 6.07) is -1.34. The van der Waals surface area contributed by atoms with E-state index >= 15 is 0 Å². The molecule has 0 amide bonds. The van der Waals surface area contributed by atoms with Crippen LogP contribution in [0.3, 0.4) is 0 Å². The molecule has 0 spiro atoms. The molecule has 4 nitrogen and oxygen atoms in total. The average molecular weight is 131 g/mol. The first-order valence-corrected chi connectivity index (χ1v) is 2.60. The first-order chi connectivity index (χ1) is 4.09. The maximum Gasteiger partial charge on any atom is 0.328 e. The lowest BCUT2D eigenvalue weighted by molar-refractivity contribution is -0.142. The van der Waals surface area contributed by atoms with Gasteiger partial charge in [0.05, 0.1) is 0 Å². The van der Waals surface area contributed by atoms with Crippen molar-refractivity contribution < 1.29 is 14.7 Å². The minimum absolute atomic E-state index is 0.174. The highest BCUT2D eigenvalue weighted by molar-refractivity contribution is 6.01. The van der Waals surface area contributed by atoms with E-state index in [-0.39, 0.29) is 6.42 Å². The fourth-order valence-electron chi connectivity index (χ4n) is 0.358. The molecule has 9 heavy (non-hydrogen) atoms. The summed E-state index contributed by atoms with van der Waals surface area (Å²) >= 11 is 0. The van der Waals surface area contributed by atoms with E-state index in [1.165, 1.54) is 0 Å². The second-order valence-corrected chi connectivity index (χ2v) is 1.64. The molecule has 0 aliphatic rings. The number of Topliss-reactive ketones (excluding diaryl/α,β-unsaturated/α-hetero) is 1. The molecule has 4 heteroatoms. The Labute approximate surface area is 52.7 Å². The van der Waals surface area contributed by atoms with E-state index < -0.39 is 17.8 Å². The number of carbonyl (C=O) groups excluding carboxylic acids is 1. The number of rotatable bonds is 3. The van der Waals surface area contributed by atoms with E-state index in [0.717, 1.165) is 0 Å². The number of ketones is 1. The van der Waals surface area contributed by atoms with Crippen LogP contribution in [0.1, 0.15) is 13.3 Å². The van der Waals surface area contributed by atoms with E-state index in [0.29, 0.717) is 0 Å². The summed E-state index contributed by atoms with van der Waals surface area (Å²) < 4.78 is 0. The highest BCUT2D eigenvalue weighted by Crippen LogP contribution is 1.86. The van der Waals surface area contributed by atoms with Gasteiger partial charge in [0.25, 0.3) is 0 Å². The summed E-state index contributed by atoms with van der Waals surface area (Å²) in [5.41, 5.74) is 4.92. The lowest BCUT2D eigenvalue weighted by Gasteiger charge is -2.00. The largest absolute Gasteiger partial charge is 0.480 e. The van der Waals surface area contributed by atoms with E-state index in [1.807, 2.05) is 0 Å². The Morgan fingerprint density at radius 1 is 1.67 bits per heavy atom. The molecule has 1 atom stereocenters. The Morgan fingerprint density at radius 3 is 2.22 bits per heavy atom. The smallest absolute Gasteiger partial charge is 0.328 e. The summed E-state index contributed by atoms with van der Waals surface area (Å²) in [4.78, 5) is 20.4. The molecule has 0 bridgehead atoms. The number of nitrogens with two attached hydrogens (primary N) is 1. The van der Waals surface area contributed by atoms with Gasteiger partial charge in [-0.15, -0.1) is 0 Å². The predicted molar refractivity (Wildman–Crippen MR) is 30.9 cm³/mol. The van der Waals surface area contributed by atoms with E-state index in [9.17, 15) is 9.59 Å². The minimum atomic E-state index is -1.34. The summed E-state index contributed by atoms with van der Waals surface area (Å²) in [6.45, 7) is 1.57. The lowest BCUT2D eigenvalue weighted by atomic mass is 10.2. The van der Waals surface area contributed by atoms with Gasteiger partial charge in [0.2, 0.25) is 0 Å². The van der Waals surface area contributed by atoms with Crippen molar-refractivity contribution in [3.05, 3.63) is 0 Å². The quantitative estimate of drug-likeness (QED) is 0.500. The zero-order chi connectivity index (χ0) is 7.44. The van der Waals surface area contributed by atoms with Crippen LogP contribution in [0, 0.1) is 0 Å². The fourth-order valence-corrected chi connectivity index (χ4v) is 0.358. The first-order valence-electron chi connectivity index (χ1n) is 2.60. The Bertz CT molecular complexity index is 132. The van der Waals surface area contributed by atoms with Crippen LogP contribution in [0.2, 0.25) is 0 Å². The molecule has 0 heterocycles. The molecule has 0 aromatic carbocycles. The summed E-state index contributed by atoms with van der Waals surface area (Å²) in [5, 5.41) is 8.14. The zero-order valence-corrected chi connectivity index (χ0v) is 5.13. The molecule has 1 unspecified atom stereocenters. The van der Waals surface area contributed by atoms with Crippen molar-refractivity contribution >= 4 is 11.8 Å². The number of carboxylic acid groups (broad SMARTS) is 1. The van der Waals surface area contributed by atoms with Crippen LogP contribution in [-0.4, -0.2) is 22.9 Å². The van der Waals surface area contributed by atoms with Gasteiger partial charge >= 0.3 is 5.97 Å². The van der Waals surface area contributed by atoms with Crippen molar-refractivity contribution in [2.24, 2.45) is 5.73 Å². The monoisotopic (exact) mass is 131 g/mol. The van der Waals surface area contributed by atoms with Crippen molar-refractivity contribution in [3.63, 3.8) is 0 Å². The standard InChI is InChI=1S/C5H9NO3/c1-2-3(7)4(6)5(8)9/h4H,2,6H2,1H3,(H,8,9). The third kappa shape index (κ3) is 2.23. The van der Waals surface area contributed by atoms with Crippen LogP contribution in [0.5, 0.6) is 0 Å². The van der Waals surface area contributed by atoms with Gasteiger partial charge in [-0.3, -0.25) is 9.59 Å².